The number of carboxylic acids is 1. The number of halogens is 3. The Kier molecular flexibility index (Phi) is 10.8. The summed E-state index contributed by atoms with van der Waals surface area (Å²) in [6, 6.07) is 9.68. The number of aliphatic carboxylic acids is 1. The van der Waals surface area contributed by atoms with Crippen LogP contribution in [0.25, 0.3) is 0 Å². The number of carbonyl (C=O) groups is 3. The molecule has 1 saturated carbocycles. The van der Waals surface area contributed by atoms with E-state index >= 15 is 0 Å². The van der Waals surface area contributed by atoms with Gasteiger partial charge in [-0.15, -0.1) is 5.11 Å². The van der Waals surface area contributed by atoms with E-state index in [1.165, 1.54) is 0 Å². The molecule has 0 aliphatic heterocycles. The zero-order valence-corrected chi connectivity index (χ0v) is 24.5. The van der Waals surface area contributed by atoms with Crippen molar-refractivity contribution in [3.05, 3.63) is 62.6 Å². The van der Waals surface area contributed by atoms with Crippen molar-refractivity contribution < 1.29 is 19.5 Å². The summed E-state index contributed by atoms with van der Waals surface area (Å²) in [5, 5.41) is 19.5. The van der Waals surface area contributed by atoms with E-state index in [2.05, 4.69) is 36.3 Å². The fraction of sp³-hybridized carbons (Fsp3) is 0.464. The SMILES string of the molecule is CC(C)(C)[C@H]1CC[C@H](N(Cc2ccc(C(=O)N=NCCC(=O)O)cc2)C(=O)Nc2cc(Cl)c(Cl)c(Cl)c2)CC1. The van der Waals surface area contributed by atoms with Gasteiger partial charge in [0.25, 0.3) is 5.91 Å². The van der Waals surface area contributed by atoms with Gasteiger partial charge in [-0.05, 0) is 66.8 Å². The summed E-state index contributed by atoms with van der Waals surface area (Å²) < 4.78 is 0. The lowest BCUT2D eigenvalue weighted by Crippen LogP contribution is -2.45. The van der Waals surface area contributed by atoms with E-state index in [0.717, 1.165) is 31.2 Å². The largest absolute Gasteiger partial charge is 0.481 e. The summed E-state index contributed by atoms with van der Waals surface area (Å²) in [4.78, 5) is 38.2. The minimum atomic E-state index is -1.01. The van der Waals surface area contributed by atoms with Gasteiger partial charge >= 0.3 is 12.0 Å². The lowest BCUT2D eigenvalue weighted by molar-refractivity contribution is -0.136. The van der Waals surface area contributed by atoms with E-state index in [9.17, 15) is 14.4 Å². The van der Waals surface area contributed by atoms with Crippen molar-refractivity contribution in [3.63, 3.8) is 0 Å². The highest BCUT2D eigenvalue weighted by molar-refractivity contribution is 6.48. The molecule has 0 aromatic heterocycles. The molecule has 2 aromatic rings. The zero-order chi connectivity index (χ0) is 28.7. The number of carboxylic acid groups (broad SMARTS) is 1. The van der Waals surface area contributed by atoms with Crippen LogP contribution >= 0.6 is 34.8 Å². The summed E-state index contributed by atoms with van der Waals surface area (Å²) in [5.41, 5.74) is 1.82. The van der Waals surface area contributed by atoms with Crippen LogP contribution in [0.2, 0.25) is 15.1 Å². The van der Waals surface area contributed by atoms with E-state index in [1.807, 2.05) is 4.90 Å². The predicted molar refractivity (Wildman–Crippen MR) is 154 cm³/mol. The molecule has 0 atom stereocenters. The van der Waals surface area contributed by atoms with Crippen molar-refractivity contribution in [2.24, 2.45) is 21.6 Å². The van der Waals surface area contributed by atoms with E-state index in [1.54, 1.807) is 36.4 Å². The molecule has 2 aromatic carbocycles. The molecule has 3 rings (SSSR count). The van der Waals surface area contributed by atoms with E-state index in [0.29, 0.717) is 23.7 Å². The number of carbonyl (C=O) groups excluding carboxylic acids is 2. The minimum absolute atomic E-state index is 0.0335. The van der Waals surface area contributed by atoms with Crippen molar-refractivity contribution in [1.82, 2.24) is 4.90 Å². The summed E-state index contributed by atoms with van der Waals surface area (Å²) in [7, 11) is 0. The van der Waals surface area contributed by atoms with Gasteiger partial charge < -0.3 is 15.3 Å². The summed E-state index contributed by atoms with van der Waals surface area (Å²) in [5.74, 6) is -0.977. The molecule has 0 bridgehead atoms. The monoisotopic (exact) mass is 594 g/mol. The number of anilines is 1. The Morgan fingerprint density at radius 3 is 2.13 bits per heavy atom. The van der Waals surface area contributed by atoms with Gasteiger partial charge in [-0.1, -0.05) is 67.7 Å². The Morgan fingerprint density at radius 1 is 1.00 bits per heavy atom. The topological polar surface area (TPSA) is 111 Å². The molecule has 1 fully saturated rings. The number of amides is 3. The average Bonchev–Trinajstić information content (AvgIpc) is 2.88. The summed E-state index contributed by atoms with van der Waals surface area (Å²) in [6.45, 7) is 7.03. The van der Waals surface area contributed by atoms with Crippen LogP contribution in [0.15, 0.2) is 46.6 Å². The number of nitrogens with zero attached hydrogens (tertiary/aromatic N) is 3. The van der Waals surface area contributed by atoms with Crippen LogP contribution in [0, 0.1) is 11.3 Å². The molecule has 1 aliphatic carbocycles. The van der Waals surface area contributed by atoms with Crippen LogP contribution in [-0.2, 0) is 11.3 Å². The van der Waals surface area contributed by atoms with Crippen LogP contribution < -0.4 is 5.32 Å². The first-order chi connectivity index (χ1) is 18.3. The van der Waals surface area contributed by atoms with E-state index in [4.69, 9.17) is 39.9 Å². The maximum Gasteiger partial charge on any atom is 0.322 e. The maximum absolute atomic E-state index is 13.5. The number of hydrogen-bond donors (Lipinski definition) is 2. The molecular weight excluding hydrogens is 563 g/mol. The van der Waals surface area contributed by atoms with Gasteiger partial charge in [0.05, 0.1) is 28.0 Å². The molecule has 0 spiro atoms. The smallest absolute Gasteiger partial charge is 0.322 e. The molecule has 0 unspecified atom stereocenters. The lowest BCUT2D eigenvalue weighted by atomic mass is 9.71. The second-order valence-corrected chi connectivity index (χ2v) is 12.0. The highest BCUT2D eigenvalue weighted by Crippen LogP contribution is 2.39. The first-order valence-corrected chi connectivity index (χ1v) is 13.9. The fourth-order valence-corrected chi connectivity index (χ4v) is 5.31. The quantitative estimate of drug-likeness (QED) is 0.236. The summed E-state index contributed by atoms with van der Waals surface area (Å²) in [6.07, 6.45) is 3.61. The minimum Gasteiger partial charge on any atom is -0.481 e. The third kappa shape index (κ3) is 8.92. The van der Waals surface area contributed by atoms with Crippen molar-refractivity contribution in [3.8, 4) is 0 Å². The van der Waals surface area contributed by atoms with Crippen LogP contribution in [-0.4, -0.2) is 40.5 Å². The number of nitrogens with one attached hydrogen (secondary N) is 1. The number of rotatable bonds is 8. The number of benzene rings is 2. The highest BCUT2D eigenvalue weighted by atomic mass is 35.5. The molecule has 0 heterocycles. The second kappa shape index (κ2) is 13.6. The van der Waals surface area contributed by atoms with Crippen molar-refractivity contribution >= 4 is 58.4 Å². The fourth-order valence-electron chi connectivity index (χ4n) is 4.71. The number of hydrogen-bond acceptors (Lipinski definition) is 4. The Hall–Kier alpha value is -2.68. The highest BCUT2D eigenvalue weighted by Gasteiger charge is 2.33. The Balaban J connectivity index is 1.76. The van der Waals surface area contributed by atoms with Gasteiger partial charge in [-0.2, -0.15) is 5.11 Å². The molecule has 0 saturated heterocycles. The van der Waals surface area contributed by atoms with Crippen LogP contribution in [0.5, 0.6) is 0 Å². The van der Waals surface area contributed by atoms with Gasteiger partial charge in [0.1, 0.15) is 0 Å². The van der Waals surface area contributed by atoms with E-state index in [-0.39, 0.29) is 45.5 Å². The van der Waals surface area contributed by atoms with Crippen LogP contribution in [0.1, 0.15) is 68.8 Å². The molecule has 39 heavy (non-hydrogen) atoms. The number of azo groups is 1. The van der Waals surface area contributed by atoms with Gasteiger partial charge in [0.15, 0.2) is 0 Å². The molecule has 11 heteroatoms. The normalized spacial score (nSPS) is 17.7. The molecule has 1 aliphatic rings. The van der Waals surface area contributed by atoms with Crippen LogP contribution in [0.3, 0.4) is 0 Å². The van der Waals surface area contributed by atoms with Gasteiger partial charge in [-0.25, -0.2) is 4.79 Å². The molecule has 2 N–H and O–H groups in total. The number of urea groups is 1. The van der Waals surface area contributed by atoms with Crippen LogP contribution in [0.4, 0.5) is 10.5 Å². The maximum atomic E-state index is 13.5. The van der Waals surface area contributed by atoms with Gasteiger partial charge in [0.2, 0.25) is 0 Å². The Labute approximate surface area is 243 Å². The molecule has 0 radical (unpaired) electrons. The first-order valence-electron chi connectivity index (χ1n) is 12.8. The summed E-state index contributed by atoms with van der Waals surface area (Å²) >= 11 is 18.4. The molecule has 210 valence electrons. The third-order valence-electron chi connectivity index (χ3n) is 7.00. The predicted octanol–water partition coefficient (Wildman–Crippen LogP) is 8.35. The molecular formula is C28H33Cl3N4O4. The van der Waals surface area contributed by atoms with E-state index < -0.39 is 11.9 Å². The standard InChI is InChI=1S/C28H33Cl3N4O4/c1-28(2,3)19-8-10-21(11-9-19)35(27(39)33-20-14-22(29)25(31)23(30)15-20)16-17-4-6-18(7-5-17)26(38)34-32-13-12-24(36)37/h4-7,14-15,19,21H,8-13,16H2,1-3H3,(H,33,39)(H,36,37)/t19-,21-. The third-order valence-corrected chi connectivity index (χ3v) is 8.20. The van der Waals surface area contributed by atoms with Gasteiger partial charge in [-0.3, -0.25) is 9.59 Å². The van der Waals surface area contributed by atoms with Crippen molar-refractivity contribution in [1.29, 1.82) is 0 Å². The molecule has 3 amide bonds. The lowest BCUT2D eigenvalue weighted by Gasteiger charge is -2.41. The zero-order valence-electron chi connectivity index (χ0n) is 22.2. The second-order valence-electron chi connectivity index (χ2n) is 10.8. The van der Waals surface area contributed by atoms with Gasteiger partial charge in [0, 0.05) is 23.8 Å². The Morgan fingerprint density at radius 2 is 1.59 bits per heavy atom. The Bertz CT molecular complexity index is 1200. The first kappa shape index (κ1) is 30.9. The molecule has 8 nitrogen and oxygen atoms in total. The average molecular weight is 596 g/mol. The van der Waals surface area contributed by atoms with Crippen molar-refractivity contribution in [2.75, 3.05) is 11.9 Å². The van der Waals surface area contributed by atoms with Crippen molar-refractivity contribution in [2.45, 2.75) is 65.5 Å².